The Kier molecular flexibility index (Phi) is 6.76. The molecule has 0 fully saturated rings. The number of rotatable bonds is 5. The molecule has 0 bridgehead atoms. The molecule has 12 rings (SSSR count). The summed E-state index contributed by atoms with van der Waals surface area (Å²) >= 11 is 0. The lowest BCUT2D eigenvalue weighted by Crippen LogP contribution is -2.00. The molecule has 0 N–H and O–H groups in total. The first kappa shape index (κ1) is 31.4. The number of nitrogens with zero attached hydrogens (tertiary/aromatic N) is 5. The number of aromatic nitrogens is 5. The minimum Gasteiger partial charge on any atom is -0.456 e. The average Bonchev–Trinajstić information content (AvgIpc) is 4.02. The van der Waals surface area contributed by atoms with Crippen molar-refractivity contribution in [1.82, 2.24) is 24.9 Å². The van der Waals surface area contributed by atoms with Gasteiger partial charge in [0.25, 0.3) is 0 Å². The van der Waals surface area contributed by atoms with Crippen molar-refractivity contribution in [2.24, 2.45) is 0 Å². The van der Waals surface area contributed by atoms with E-state index in [-0.39, 0.29) is 0 Å². The van der Waals surface area contributed by atoms with E-state index in [9.17, 15) is 0 Å². The van der Waals surface area contributed by atoms with Gasteiger partial charge in [0.1, 0.15) is 22.2 Å². The summed E-state index contributed by atoms with van der Waals surface area (Å²) in [5, 5.41) is 6.17. The van der Waals surface area contributed by atoms with Crippen LogP contribution in [0.4, 0.5) is 0 Å². The van der Waals surface area contributed by atoms with E-state index in [4.69, 9.17) is 33.2 Å². The molecular formula is C49H27N5O3. The molecule has 4 aromatic heterocycles. The Balaban J connectivity index is 1.03. The number of fused-ring (bicyclic) bond motifs is 9. The van der Waals surface area contributed by atoms with Crippen molar-refractivity contribution in [3.63, 3.8) is 0 Å². The molecule has 0 aliphatic heterocycles. The summed E-state index contributed by atoms with van der Waals surface area (Å²) in [4.78, 5) is 25.0. The Morgan fingerprint density at radius 2 is 0.877 bits per heavy atom. The van der Waals surface area contributed by atoms with Crippen molar-refractivity contribution in [3.05, 3.63) is 164 Å². The Morgan fingerprint density at radius 3 is 1.70 bits per heavy atom. The van der Waals surface area contributed by atoms with Crippen LogP contribution >= 0.6 is 0 Å². The van der Waals surface area contributed by atoms with Crippen LogP contribution in [0.5, 0.6) is 0 Å². The number of para-hydroxylation sites is 2. The van der Waals surface area contributed by atoms with Gasteiger partial charge in [-0.25, -0.2) is 24.9 Å². The lowest BCUT2D eigenvalue weighted by molar-refractivity contribution is 0.619. The van der Waals surface area contributed by atoms with Gasteiger partial charge in [-0.05, 0) is 88.3 Å². The Bertz CT molecular complexity index is 3500. The quantitative estimate of drug-likeness (QED) is 0.172. The van der Waals surface area contributed by atoms with Gasteiger partial charge in [-0.1, -0.05) is 97.1 Å². The summed E-state index contributed by atoms with van der Waals surface area (Å²) in [7, 11) is 0. The van der Waals surface area contributed by atoms with Crippen LogP contribution in [-0.2, 0) is 0 Å². The Labute approximate surface area is 323 Å². The molecule has 0 atom stereocenters. The SMILES string of the molecule is c1ccc(-c2nc3c(ccc4oc5ccc6ccc(-c7nc(-c8ccc(-c9nc%10ccccc%10o9)cc8)nc(-c8ccc9ccccc9c8)n7)cc6c5c43)o2)cc1. The molecule has 0 unspecified atom stereocenters. The van der Waals surface area contributed by atoms with Crippen LogP contribution < -0.4 is 0 Å². The smallest absolute Gasteiger partial charge is 0.227 e. The summed E-state index contributed by atoms with van der Waals surface area (Å²) in [5.74, 6) is 2.81. The lowest BCUT2D eigenvalue weighted by Gasteiger charge is -2.10. The third kappa shape index (κ3) is 5.19. The van der Waals surface area contributed by atoms with Crippen LogP contribution in [0.2, 0.25) is 0 Å². The first-order valence-electron chi connectivity index (χ1n) is 18.6. The number of hydrogen-bond donors (Lipinski definition) is 0. The molecule has 0 radical (unpaired) electrons. The first-order valence-corrected chi connectivity index (χ1v) is 18.6. The largest absolute Gasteiger partial charge is 0.456 e. The fraction of sp³-hybridized carbons (Fsp3) is 0. The number of benzene rings is 8. The van der Waals surface area contributed by atoms with E-state index in [2.05, 4.69) is 59.6 Å². The average molecular weight is 734 g/mol. The molecule has 12 aromatic rings. The first-order chi connectivity index (χ1) is 28.2. The van der Waals surface area contributed by atoms with Crippen molar-refractivity contribution in [3.8, 4) is 57.1 Å². The fourth-order valence-corrected chi connectivity index (χ4v) is 7.76. The van der Waals surface area contributed by atoms with Crippen molar-refractivity contribution in [2.75, 3.05) is 0 Å². The van der Waals surface area contributed by atoms with Crippen molar-refractivity contribution in [1.29, 1.82) is 0 Å². The van der Waals surface area contributed by atoms with Gasteiger partial charge in [0.2, 0.25) is 11.8 Å². The fourth-order valence-electron chi connectivity index (χ4n) is 7.76. The van der Waals surface area contributed by atoms with Gasteiger partial charge < -0.3 is 13.3 Å². The molecule has 0 amide bonds. The molecule has 0 aliphatic carbocycles. The van der Waals surface area contributed by atoms with Crippen LogP contribution in [0.25, 0.3) is 123 Å². The maximum absolute atomic E-state index is 6.44. The molecule has 57 heavy (non-hydrogen) atoms. The highest BCUT2D eigenvalue weighted by molar-refractivity contribution is 6.25. The molecule has 0 saturated carbocycles. The second-order valence-electron chi connectivity index (χ2n) is 14.1. The minimum atomic E-state index is 0.552. The number of furan rings is 1. The Morgan fingerprint density at radius 1 is 0.316 bits per heavy atom. The third-order valence-corrected chi connectivity index (χ3v) is 10.6. The molecule has 0 aliphatic rings. The van der Waals surface area contributed by atoms with E-state index < -0.39 is 0 Å². The summed E-state index contributed by atoms with van der Waals surface area (Å²) in [6, 6.07) is 54.6. The topological polar surface area (TPSA) is 104 Å². The third-order valence-electron chi connectivity index (χ3n) is 10.6. The maximum atomic E-state index is 6.44. The zero-order valence-corrected chi connectivity index (χ0v) is 30.0. The molecule has 8 nitrogen and oxygen atoms in total. The van der Waals surface area contributed by atoms with Crippen LogP contribution in [0.1, 0.15) is 0 Å². The standard InChI is InChI=1S/C49H27N5O3/c1-2-9-31(10-3-1)49-51-44-41(57-49)25-24-40-43(44)42-36-27-35(21-15-29(36)22-23-39(42)55-40)47-53-45(52-46(54-47)34-20-14-28-8-4-5-11-33(28)26-34)30-16-18-32(19-17-30)48-50-37-12-6-7-13-38(37)56-48/h1-27H. The lowest BCUT2D eigenvalue weighted by atomic mass is 10.0. The van der Waals surface area contributed by atoms with Gasteiger partial charge >= 0.3 is 0 Å². The highest BCUT2D eigenvalue weighted by Gasteiger charge is 2.20. The van der Waals surface area contributed by atoms with E-state index in [1.54, 1.807) is 0 Å². The molecule has 0 saturated heterocycles. The molecule has 266 valence electrons. The zero-order valence-electron chi connectivity index (χ0n) is 30.0. The van der Waals surface area contributed by atoms with Crippen molar-refractivity contribution in [2.45, 2.75) is 0 Å². The summed E-state index contributed by atoms with van der Waals surface area (Å²) in [5.41, 5.74) is 8.87. The highest BCUT2D eigenvalue weighted by atomic mass is 16.4. The van der Waals surface area contributed by atoms with Gasteiger partial charge in [0.15, 0.2) is 28.6 Å². The second kappa shape index (κ2) is 12.3. The number of hydrogen-bond acceptors (Lipinski definition) is 8. The van der Waals surface area contributed by atoms with Crippen LogP contribution in [0.15, 0.2) is 177 Å². The molecular weight excluding hydrogens is 707 g/mol. The zero-order chi connectivity index (χ0) is 37.5. The molecule has 8 aromatic carbocycles. The van der Waals surface area contributed by atoms with E-state index in [0.29, 0.717) is 34.8 Å². The van der Waals surface area contributed by atoms with E-state index in [1.165, 1.54) is 0 Å². The van der Waals surface area contributed by atoms with Crippen LogP contribution in [0, 0.1) is 0 Å². The monoisotopic (exact) mass is 733 g/mol. The van der Waals surface area contributed by atoms with Gasteiger partial charge in [-0.15, -0.1) is 0 Å². The van der Waals surface area contributed by atoms with Gasteiger partial charge in [-0.2, -0.15) is 0 Å². The Hall–Kier alpha value is -7.97. The number of oxazole rings is 2. The predicted molar refractivity (Wildman–Crippen MR) is 224 cm³/mol. The van der Waals surface area contributed by atoms with Gasteiger partial charge in [0.05, 0.1) is 5.39 Å². The highest BCUT2D eigenvalue weighted by Crippen LogP contribution is 2.41. The van der Waals surface area contributed by atoms with Gasteiger partial charge in [0, 0.05) is 33.2 Å². The van der Waals surface area contributed by atoms with E-state index in [0.717, 1.165) is 87.9 Å². The van der Waals surface area contributed by atoms with Crippen molar-refractivity contribution >= 4 is 65.7 Å². The van der Waals surface area contributed by atoms with Crippen LogP contribution in [0.3, 0.4) is 0 Å². The van der Waals surface area contributed by atoms with E-state index >= 15 is 0 Å². The van der Waals surface area contributed by atoms with Crippen LogP contribution in [-0.4, -0.2) is 24.9 Å². The molecule has 8 heteroatoms. The molecule has 0 spiro atoms. The minimum absolute atomic E-state index is 0.552. The predicted octanol–water partition coefficient (Wildman–Crippen LogP) is 12.7. The summed E-state index contributed by atoms with van der Waals surface area (Å²) in [6.07, 6.45) is 0. The second-order valence-corrected chi connectivity index (χ2v) is 14.1. The van der Waals surface area contributed by atoms with Gasteiger partial charge in [-0.3, -0.25) is 0 Å². The summed E-state index contributed by atoms with van der Waals surface area (Å²) < 4.78 is 18.8. The normalized spacial score (nSPS) is 11.9. The summed E-state index contributed by atoms with van der Waals surface area (Å²) in [6.45, 7) is 0. The maximum Gasteiger partial charge on any atom is 0.227 e. The van der Waals surface area contributed by atoms with E-state index in [1.807, 2.05) is 109 Å². The van der Waals surface area contributed by atoms with Crippen molar-refractivity contribution < 1.29 is 13.3 Å². The molecule has 4 heterocycles.